The minimum Gasteiger partial charge on any atom is -0.406 e. The van der Waals surface area contributed by atoms with Gasteiger partial charge in [-0.05, 0) is 29.8 Å². The van der Waals surface area contributed by atoms with Crippen molar-refractivity contribution in [3.05, 3.63) is 68.8 Å². The fourth-order valence-electron chi connectivity index (χ4n) is 4.02. The van der Waals surface area contributed by atoms with Crippen LogP contribution in [0.1, 0.15) is 11.1 Å². The van der Waals surface area contributed by atoms with Gasteiger partial charge in [0.1, 0.15) is 17.3 Å². The molecule has 1 saturated heterocycles. The Morgan fingerprint density at radius 1 is 0.833 bits per heavy atom. The van der Waals surface area contributed by atoms with Crippen LogP contribution in [-0.2, 0) is 12.7 Å². The summed E-state index contributed by atoms with van der Waals surface area (Å²) in [7, 11) is 0. The van der Waals surface area contributed by atoms with Gasteiger partial charge in [-0.25, -0.2) is 4.99 Å². The standard InChI is InChI=1S/C22H11Cl2F12N5O/c23-11-5-9(19(25,26)27)6-12(24)14(11)41-16(37)13-15(20(28,29)30)38-18(21(31,32)33)39-17(13)40(41)7-8-1-3-10(4-2-8)42-22(34,35)36/h1-6,17,37H,7H2,(H,38,39). The molecule has 2 aliphatic heterocycles. The zero-order chi connectivity index (χ0) is 31.6. The van der Waals surface area contributed by atoms with Crippen molar-refractivity contribution in [1.29, 1.82) is 5.41 Å². The lowest BCUT2D eigenvalue weighted by Gasteiger charge is -2.33. The number of nitrogens with one attached hydrogen (secondary N) is 2. The second kappa shape index (κ2) is 10.4. The van der Waals surface area contributed by atoms with E-state index in [4.69, 9.17) is 28.6 Å². The molecule has 6 nitrogen and oxygen atoms in total. The Hall–Kier alpha value is -3.38. The van der Waals surface area contributed by atoms with E-state index < -0.39 is 87.6 Å². The molecule has 42 heavy (non-hydrogen) atoms. The molecule has 2 N–H and O–H groups in total. The molecule has 228 valence electrons. The summed E-state index contributed by atoms with van der Waals surface area (Å²) in [6, 6.07) is 4.19. The molecule has 0 amide bonds. The number of nitrogens with zero attached hydrogens (tertiary/aromatic N) is 3. The summed E-state index contributed by atoms with van der Waals surface area (Å²) in [5, 5.41) is 8.93. The first kappa shape index (κ1) is 31.6. The van der Waals surface area contributed by atoms with E-state index in [0.29, 0.717) is 22.2 Å². The lowest BCUT2D eigenvalue weighted by molar-refractivity contribution is -0.274. The zero-order valence-corrected chi connectivity index (χ0v) is 21.3. The molecule has 0 radical (unpaired) electrons. The van der Waals surface area contributed by atoms with Gasteiger partial charge in [-0.2, -0.15) is 44.5 Å². The molecule has 2 heterocycles. The SMILES string of the molecule is N=C1C2=C(C(F)(F)F)NC(C(F)(F)F)=NC2N(Cc2ccc(OC(F)(F)F)cc2)N1c1c(Cl)cc(C(F)(F)F)cc1Cl. The number of anilines is 1. The Balaban J connectivity index is 1.91. The molecular formula is C22H11Cl2F12N5O. The molecular weight excluding hydrogens is 649 g/mol. The van der Waals surface area contributed by atoms with E-state index in [9.17, 15) is 52.7 Å². The number of benzene rings is 2. The van der Waals surface area contributed by atoms with Gasteiger partial charge < -0.3 is 10.1 Å². The summed E-state index contributed by atoms with van der Waals surface area (Å²) in [4.78, 5) is 3.29. The van der Waals surface area contributed by atoms with Crippen molar-refractivity contribution in [3.63, 3.8) is 0 Å². The molecule has 2 aliphatic rings. The quantitative estimate of drug-likeness (QED) is 0.329. The first-order chi connectivity index (χ1) is 19.1. The highest BCUT2D eigenvalue weighted by molar-refractivity contribution is 6.40. The van der Waals surface area contributed by atoms with Gasteiger partial charge in [-0.3, -0.25) is 10.4 Å². The van der Waals surface area contributed by atoms with E-state index in [1.54, 1.807) is 0 Å². The predicted octanol–water partition coefficient (Wildman–Crippen LogP) is 7.83. The van der Waals surface area contributed by atoms with Crippen LogP contribution in [-0.4, -0.2) is 41.6 Å². The first-order valence-corrected chi connectivity index (χ1v) is 11.6. The number of amidine groups is 2. The molecule has 2 aromatic carbocycles. The number of ether oxygens (including phenoxy) is 1. The maximum Gasteiger partial charge on any atom is 0.573 e. The van der Waals surface area contributed by atoms with Crippen LogP contribution in [0.5, 0.6) is 5.75 Å². The monoisotopic (exact) mass is 659 g/mol. The average Bonchev–Trinajstić information content (AvgIpc) is 3.08. The third kappa shape index (κ3) is 6.34. The number of allylic oxidation sites excluding steroid dienone is 1. The molecule has 2 aromatic rings. The van der Waals surface area contributed by atoms with Crippen LogP contribution >= 0.6 is 23.2 Å². The Labute approximate surface area is 236 Å². The second-order valence-electron chi connectivity index (χ2n) is 8.50. The van der Waals surface area contributed by atoms with Crippen molar-refractivity contribution in [2.75, 3.05) is 5.01 Å². The van der Waals surface area contributed by atoms with Crippen molar-refractivity contribution in [3.8, 4) is 5.75 Å². The van der Waals surface area contributed by atoms with Crippen molar-refractivity contribution < 1.29 is 57.4 Å². The Bertz CT molecular complexity index is 1440. The van der Waals surface area contributed by atoms with E-state index in [1.807, 2.05) is 0 Å². The minimum absolute atomic E-state index is 0.0569. The number of hydrogen-bond acceptors (Lipinski definition) is 5. The summed E-state index contributed by atoms with van der Waals surface area (Å²) in [6.45, 7) is -0.754. The lowest BCUT2D eigenvalue weighted by Crippen LogP contribution is -2.48. The molecule has 20 heteroatoms. The topological polar surface area (TPSA) is 64.0 Å². The van der Waals surface area contributed by atoms with Crippen LogP contribution in [0.15, 0.2) is 52.7 Å². The summed E-state index contributed by atoms with van der Waals surface area (Å²) >= 11 is 12.0. The first-order valence-electron chi connectivity index (χ1n) is 10.9. The molecule has 0 bridgehead atoms. The average molecular weight is 660 g/mol. The van der Waals surface area contributed by atoms with Gasteiger partial charge >= 0.3 is 24.9 Å². The number of halogens is 14. The van der Waals surface area contributed by atoms with Gasteiger partial charge in [0.05, 0.1) is 26.9 Å². The van der Waals surface area contributed by atoms with Crippen LogP contribution in [0.25, 0.3) is 0 Å². The van der Waals surface area contributed by atoms with Crippen molar-refractivity contribution in [1.82, 2.24) is 10.3 Å². The number of hydrazine groups is 1. The van der Waals surface area contributed by atoms with Crippen LogP contribution in [0.2, 0.25) is 10.0 Å². The third-order valence-corrected chi connectivity index (χ3v) is 6.21. The summed E-state index contributed by atoms with van der Waals surface area (Å²) in [6.07, 6.45) is -23.3. The maximum absolute atomic E-state index is 14.0. The highest BCUT2D eigenvalue weighted by atomic mass is 35.5. The Morgan fingerprint density at radius 3 is 1.83 bits per heavy atom. The van der Waals surface area contributed by atoms with Gasteiger partial charge in [-0.1, -0.05) is 35.3 Å². The molecule has 1 unspecified atom stereocenters. The van der Waals surface area contributed by atoms with Gasteiger partial charge in [0.2, 0.25) is 5.84 Å². The van der Waals surface area contributed by atoms with Crippen LogP contribution in [0, 0.1) is 5.41 Å². The molecule has 0 saturated carbocycles. The molecule has 4 rings (SSSR count). The van der Waals surface area contributed by atoms with Gasteiger partial charge in [0.15, 0.2) is 6.17 Å². The van der Waals surface area contributed by atoms with Crippen molar-refractivity contribution in [2.24, 2.45) is 4.99 Å². The number of rotatable bonds is 4. The highest BCUT2D eigenvalue weighted by Gasteiger charge is 2.54. The second-order valence-corrected chi connectivity index (χ2v) is 9.31. The van der Waals surface area contributed by atoms with E-state index in [-0.39, 0.29) is 5.56 Å². The smallest absolute Gasteiger partial charge is 0.406 e. The van der Waals surface area contributed by atoms with Crippen molar-refractivity contribution in [2.45, 2.75) is 37.6 Å². The van der Waals surface area contributed by atoms with E-state index in [0.717, 1.165) is 29.6 Å². The summed E-state index contributed by atoms with van der Waals surface area (Å²) in [5.41, 5.74) is -5.36. The highest BCUT2D eigenvalue weighted by Crippen LogP contribution is 2.47. The lowest BCUT2D eigenvalue weighted by atomic mass is 10.1. The van der Waals surface area contributed by atoms with Crippen LogP contribution < -0.4 is 15.1 Å². The Morgan fingerprint density at radius 2 is 1.38 bits per heavy atom. The Kier molecular flexibility index (Phi) is 7.82. The number of hydrogen-bond donors (Lipinski definition) is 2. The molecule has 0 aliphatic carbocycles. The molecule has 1 atom stereocenters. The molecule has 1 fully saturated rings. The van der Waals surface area contributed by atoms with Gasteiger partial charge in [0.25, 0.3) is 0 Å². The number of fused-ring (bicyclic) bond motifs is 1. The fourth-order valence-corrected chi connectivity index (χ4v) is 4.67. The van der Waals surface area contributed by atoms with Gasteiger partial charge in [-0.15, -0.1) is 13.2 Å². The van der Waals surface area contributed by atoms with E-state index in [2.05, 4.69) is 9.73 Å². The minimum atomic E-state index is -5.52. The van der Waals surface area contributed by atoms with Crippen LogP contribution in [0.3, 0.4) is 0 Å². The normalized spacial score (nSPS) is 18.7. The number of alkyl halides is 12. The maximum atomic E-state index is 14.0. The third-order valence-electron chi connectivity index (χ3n) is 5.64. The van der Waals surface area contributed by atoms with Crippen LogP contribution in [0.4, 0.5) is 58.4 Å². The van der Waals surface area contributed by atoms with E-state index in [1.165, 1.54) is 0 Å². The van der Waals surface area contributed by atoms with Gasteiger partial charge in [0, 0.05) is 6.54 Å². The molecule has 0 aromatic heterocycles. The fraction of sp³-hybridized carbons (Fsp3) is 0.273. The number of aliphatic imine (C=N–C) groups is 1. The largest absolute Gasteiger partial charge is 0.573 e. The molecule has 0 spiro atoms. The van der Waals surface area contributed by atoms with E-state index >= 15 is 0 Å². The summed E-state index contributed by atoms with van der Waals surface area (Å²) < 4.78 is 164. The summed E-state index contributed by atoms with van der Waals surface area (Å²) in [5.74, 6) is -4.03. The predicted molar refractivity (Wildman–Crippen MR) is 124 cm³/mol. The van der Waals surface area contributed by atoms with Crippen molar-refractivity contribution >= 4 is 40.6 Å². The zero-order valence-electron chi connectivity index (χ0n) is 19.8.